The predicted octanol–water partition coefficient (Wildman–Crippen LogP) is 1.63. The molecule has 3 aliphatic rings. The molecule has 5 rings (SSSR count). The van der Waals surface area contributed by atoms with Crippen molar-refractivity contribution in [3.63, 3.8) is 0 Å². The van der Waals surface area contributed by atoms with E-state index >= 15 is 0 Å². The van der Waals surface area contributed by atoms with E-state index in [9.17, 15) is 29.1 Å². The predicted molar refractivity (Wildman–Crippen MR) is 183 cm³/mol. The number of amides is 5. The van der Waals surface area contributed by atoms with Gasteiger partial charge in [0, 0.05) is 43.1 Å². The van der Waals surface area contributed by atoms with Crippen LogP contribution in [0, 0.1) is 11.8 Å². The summed E-state index contributed by atoms with van der Waals surface area (Å²) in [5.74, 6) is -1.74. The van der Waals surface area contributed by atoms with Crippen molar-refractivity contribution in [1.82, 2.24) is 30.7 Å². The highest BCUT2D eigenvalue weighted by Gasteiger charge is 2.41. The number of carbonyl (C=O) groups is 5. The minimum atomic E-state index is -1.16. The molecule has 49 heavy (non-hydrogen) atoms. The number of nitrogens with zero attached hydrogens (tertiary/aromatic N) is 2. The summed E-state index contributed by atoms with van der Waals surface area (Å²) in [7, 11) is 0. The van der Waals surface area contributed by atoms with E-state index in [0.717, 1.165) is 16.5 Å². The first-order valence-electron chi connectivity index (χ1n) is 17.7. The summed E-state index contributed by atoms with van der Waals surface area (Å²) in [5, 5.41) is 21.0. The van der Waals surface area contributed by atoms with Crippen LogP contribution in [0.5, 0.6) is 0 Å². The molecule has 2 aromatic rings. The van der Waals surface area contributed by atoms with Crippen molar-refractivity contribution in [2.24, 2.45) is 11.8 Å². The SMILES string of the molecule is CC(C)CCC(=O)N1CC(=O)N[C@H](Cc2c[nH]c3ccccc23)C(=O)N2CCC[C@@H]2C(=O)N[C@H](CC(C)C)C(=O)N[C@H]2CCO[C@H](C1)[C@H]2O. The third-order valence-corrected chi connectivity index (χ3v) is 9.82. The van der Waals surface area contributed by atoms with Gasteiger partial charge in [-0.15, -0.1) is 0 Å². The van der Waals surface area contributed by atoms with Crippen molar-refractivity contribution in [3.05, 3.63) is 36.0 Å². The minimum Gasteiger partial charge on any atom is -0.388 e. The summed E-state index contributed by atoms with van der Waals surface area (Å²) in [5.41, 5.74) is 1.71. The Bertz CT molecular complexity index is 1510. The minimum absolute atomic E-state index is 0.0695. The summed E-state index contributed by atoms with van der Waals surface area (Å²) < 4.78 is 5.91. The molecule has 1 aromatic carbocycles. The molecule has 0 unspecified atom stereocenters. The maximum absolute atomic E-state index is 14.3. The number of aliphatic hydroxyl groups excluding tert-OH is 1. The summed E-state index contributed by atoms with van der Waals surface area (Å²) in [6.07, 6.45) is 2.47. The second-order valence-corrected chi connectivity index (χ2v) is 14.6. The van der Waals surface area contributed by atoms with Crippen LogP contribution in [-0.4, -0.2) is 112 Å². The smallest absolute Gasteiger partial charge is 0.246 e. The van der Waals surface area contributed by atoms with Gasteiger partial charge in [0.1, 0.15) is 30.3 Å². The normalized spacial score (nSPS) is 27.6. The quantitative estimate of drug-likeness (QED) is 0.296. The molecular weight excluding hydrogens is 628 g/mol. The highest BCUT2D eigenvalue weighted by molar-refractivity contribution is 5.96. The first kappa shape index (κ1) is 36.3. The standard InChI is InChI=1S/C36H52N6O7/c1-21(2)11-12-32(44)41-19-30-33(45)26(13-15-49-30)39-34(46)27(16-22(3)4)40-35(47)29-10-7-14-42(29)36(48)28(38-31(43)20-41)17-23-18-37-25-9-6-5-8-24(23)25/h5-6,8-9,18,21-22,26-30,33,37,45H,7,10-17,19-20H2,1-4H3,(H,38,43)(H,39,46)(H,40,47)/t26-,27+,28+,29+,30+,33-/m0/s1. The second-order valence-electron chi connectivity index (χ2n) is 14.6. The van der Waals surface area contributed by atoms with E-state index in [0.29, 0.717) is 38.6 Å². The molecule has 0 aliphatic carbocycles. The number of ether oxygens (including phenoxy) is 1. The maximum Gasteiger partial charge on any atom is 0.246 e. The van der Waals surface area contributed by atoms with Gasteiger partial charge in [-0.3, -0.25) is 24.0 Å². The van der Waals surface area contributed by atoms with Crippen LogP contribution in [0.2, 0.25) is 0 Å². The molecule has 13 nitrogen and oxygen atoms in total. The first-order valence-corrected chi connectivity index (χ1v) is 17.7. The van der Waals surface area contributed by atoms with Crippen LogP contribution in [0.1, 0.15) is 71.8 Å². The van der Waals surface area contributed by atoms with Gasteiger partial charge in [-0.25, -0.2) is 0 Å². The number of aromatic amines is 1. The number of carbonyl (C=O) groups excluding carboxylic acids is 5. The molecule has 6 atom stereocenters. The van der Waals surface area contributed by atoms with Crippen LogP contribution in [0.3, 0.4) is 0 Å². The van der Waals surface area contributed by atoms with E-state index in [4.69, 9.17) is 4.74 Å². The largest absolute Gasteiger partial charge is 0.388 e. The lowest BCUT2D eigenvalue weighted by atomic mass is 9.97. The Balaban J connectivity index is 1.50. The topological polar surface area (TPSA) is 173 Å². The summed E-state index contributed by atoms with van der Waals surface area (Å²) in [4.78, 5) is 75.3. The lowest BCUT2D eigenvalue weighted by molar-refractivity contribution is -0.146. The number of rotatable bonds is 7. The van der Waals surface area contributed by atoms with Crippen molar-refractivity contribution >= 4 is 40.4 Å². The number of H-pyrrole nitrogens is 1. The van der Waals surface area contributed by atoms with Gasteiger partial charge in [0.05, 0.1) is 19.1 Å². The molecule has 13 heteroatoms. The Labute approximate surface area is 287 Å². The van der Waals surface area contributed by atoms with Crippen LogP contribution in [0.4, 0.5) is 0 Å². The average molecular weight is 681 g/mol. The Morgan fingerprint density at radius 2 is 1.76 bits per heavy atom. The average Bonchev–Trinajstić information content (AvgIpc) is 3.71. The first-order chi connectivity index (χ1) is 23.4. The molecular formula is C36H52N6O7. The lowest BCUT2D eigenvalue weighted by Crippen LogP contribution is -2.60. The maximum atomic E-state index is 14.3. The Morgan fingerprint density at radius 3 is 2.51 bits per heavy atom. The molecule has 2 bridgehead atoms. The van der Waals surface area contributed by atoms with Crippen LogP contribution in [0.25, 0.3) is 10.9 Å². The monoisotopic (exact) mass is 680 g/mol. The van der Waals surface area contributed by atoms with Crippen LogP contribution in [0.15, 0.2) is 30.5 Å². The zero-order valence-corrected chi connectivity index (χ0v) is 29.1. The molecule has 5 amide bonds. The number of nitrogens with one attached hydrogen (secondary N) is 4. The van der Waals surface area contributed by atoms with E-state index in [1.807, 2.05) is 58.2 Å². The second kappa shape index (κ2) is 16.2. The van der Waals surface area contributed by atoms with Gasteiger partial charge in [-0.1, -0.05) is 45.9 Å². The fraction of sp³-hybridized carbons (Fsp3) is 0.639. The molecule has 268 valence electrons. The zero-order valence-electron chi connectivity index (χ0n) is 29.1. The van der Waals surface area contributed by atoms with Crippen molar-refractivity contribution in [3.8, 4) is 0 Å². The molecule has 3 aliphatic heterocycles. The van der Waals surface area contributed by atoms with E-state index in [-0.39, 0.29) is 50.3 Å². The van der Waals surface area contributed by atoms with Gasteiger partial charge < -0.3 is 40.6 Å². The highest BCUT2D eigenvalue weighted by Crippen LogP contribution is 2.24. The van der Waals surface area contributed by atoms with Gasteiger partial charge in [0.2, 0.25) is 29.5 Å². The zero-order chi connectivity index (χ0) is 35.2. The summed E-state index contributed by atoms with van der Waals surface area (Å²) >= 11 is 0. The lowest BCUT2D eigenvalue weighted by Gasteiger charge is -2.38. The number of hydrogen-bond acceptors (Lipinski definition) is 7. The third kappa shape index (κ3) is 8.99. The van der Waals surface area contributed by atoms with Gasteiger partial charge in [0.25, 0.3) is 0 Å². The molecule has 0 saturated carbocycles. The Hall–Kier alpha value is -3.97. The molecule has 0 radical (unpaired) electrons. The van der Waals surface area contributed by atoms with E-state index in [1.54, 1.807) is 0 Å². The number of aliphatic hydroxyl groups is 1. The number of fused-ring (bicyclic) bond motifs is 4. The molecule has 3 fully saturated rings. The van der Waals surface area contributed by atoms with Crippen molar-refractivity contribution < 1.29 is 33.8 Å². The van der Waals surface area contributed by atoms with Gasteiger partial charge >= 0.3 is 0 Å². The summed E-state index contributed by atoms with van der Waals surface area (Å²) in [6.45, 7) is 8.06. The molecule has 1 aromatic heterocycles. The highest BCUT2D eigenvalue weighted by atomic mass is 16.5. The molecule has 5 N–H and O–H groups in total. The van der Waals surface area contributed by atoms with Crippen molar-refractivity contribution in [1.29, 1.82) is 0 Å². The van der Waals surface area contributed by atoms with Gasteiger partial charge in [0.15, 0.2) is 0 Å². The molecule has 4 heterocycles. The van der Waals surface area contributed by atoms with Crippen LogP contribution in [-0.2, 0) is 35.1 Å². The van der Waals surface area contributed by atoms with Gasteiger partial charge in [-0.2, -0.15) is 0 Å². The molecule has 3 saturated heterocycles. The van der Waals surface area contributed by atoms with Crippen LogP contribution >= 0.6 is 0 Å². The number of aromatic nitrogens is 1. The number of para-hydroxylation sites is 1. The Morgan fingerprint density at radius 1 is 0.980 bits per heavy atom. The van der Waals surface area contributed by atoms with Crippen molar-refractivity contribution in [2.45, 2.75) is 109 Å². The fourth-order valence-electron chi connectivity index (χ4n) is 7.13. The van der Waals surface area contributed by atoms with Crippen LogP contribution < -0.4 is 16.0 Å². The fourth-order valence-corrected chi connectivity index (χ4v) is 7.13. The Kier molecular flexibility index (Phi) is 12.0. The number of benzene rings is 1. The summed E-state index contributed by atoms with van der Waals surface area (Å²) in [6, 6.07) is 4.27. The van der Waals surface area contributed by atoms with Gasteiger partial charge in [-0.05, 0) is 55.6 Å². The van der Waals surface area contributed by atoms with Crippen molar-refractivity contribution in [2.75, 3.05) is 26.2 Å². The third-order valence-electron chi connectivity index (χ3n) is 9.82. The number of hydrogen-bond donors (Lipinski definition) is 5. The van der Waals surface area contributed by atoms with E-state index in [1.165, 1.54) is 9.80 Å². The molecule has 0 spiro atoms. The van der Waals surface area contributed by atoms with E-state index < -0.39 is 60.0 Å². The van der Waals surface area contributed by atoms with E-state index in [2.05, 4.69) is 20.9 Å².